The molecular formula is C73H128N7O6+. The molecule has 0 spiro atoms. The Morgan fingerprint density at radius 1 is 0.558 bits per heavy atom. The molecule has 17 atom stereocenters. The first-order chi connectivity index (χ1) is 40.7. The highest BCUT2D eigenvalue weighted by Crippen LogP contribution is 2.69. The number of quaternary nitrogens is 1. The number of hydrogen-bond acceptors (Lipinski definition) is 7. The molecule has 0 aromatic heterocycles. The van der Waals surface area contributed by atoms with Crippen LogP contribution in [0.1, 0.15) is 251 Å². The third kappa shape index (κ3) is 16.3. The van der Waals surface area contributed by atoms with Crippen molar-refractivity contribution >= 4 is 24.2 Å². The number of nitrogens with one attached hydrogen (secondary N) is 3. The van der Waals surface area contributed by atoms with Gasteiger partial charge < -0.3 is 46.1 Å². The minimum atomic E-state index is -0.596. The summed E-state index contributed by atoms with van der Waals surface area (Å²) in [7, 11) is 0. The van der Waals surface area contributed by atoms with Crippen LogP contribution in [0.25, 0.3) is 0 Å². The van der Waals surface area contributed by atoms with Gasteiger partial charge in [-0.3, -0.25) is 0 Å². The Hall–Kier alpha value is -3.48. The van der Waals surface area contributed by atoms with E-state index in [9.17, 15) is 14.4 Å². The zero-order chi connectivity index (χ0) is 62.2. The fraction of sp³-hybridized carbons (Fsp3) is 0.890. The van der Waals surface area contributed by atoms with E-state index in [4.69, 9.17) is 25.7 Å². The second kappa shape index (κ2) is 29.2. The summed E-state index contributed by atoms with van der Waals surface area (Å²) in [5, 5.41) is 9.22. The van der Waals surface area contributed by atoms with E-state index in [2.05, 4.69) is 102 Å². The molecule has 490 valence electrons. The van der Waals surface area contributed by atoms with Crippen LogP contribution in [0.15, 0.2) is 28.3 Å². The fourth-order valence-electron chi connectivity index (χ4n) is 21.1. The first-order valence-electron chi connectivity index (χ1n) is 35.8. The molecule has 0 aliphatic heterocycles. The molecule has 7 N–H and O–H groups in total. The van der Waals surface area contributed by atoms with Crippen LogP contribution >= 0.6 is 0 Å². The summed E-state index contributed by atoms with van der Waals surface area (Å²) in [6.45, 7) is 35.3. The Balaban J connectivity index is 0.820. The van der Waals surface area contributed by atoms with Gasteiger partial charge in [-0.05, 0) is 203 Å². The van der Waals surface area contributed by atoms with Gasteiger partial charge in [0.1, 0.15) is 17.8 Å². The fourth-order valence-corrected chi connectivity index (χ4v) is 21.1. The SMILES string of the molecule is CC(C)CCCC(C)C1CCC2C3CC=C4CC(OC(=O)NCCC[N+](CCCNC(=O)OC5CC[C@@]6(C)C(=CCC7C8CCC(C(C)CCCC(C)C)[C@@]8(C)CCC76)C5)(CCCNC(=O)OC(C)(C)C)CCN=C(N)N)CCC4(C)C3CCC12C. The van der Waals surface area contributed by atoms with Gasteiger partial charge >= 0.3 is 18.3 Å². The number of fused-ring (bicyclic) bond motifs is 10. The van der Waals surface area contributed by atoms with Crippen LogP contribution < -0.4 is 27.4 Å². The van der Waals surface area contributed by atoms with Gasteiger partial charge in [-0.2, -0.15) is 0 Å². The number of hydrogen-bond donors (Lipinski definition) is 5. The Labute approximate surface area is 524 Å². The molecule has 8 rings (SSSR count). The molecule has 86 heavy (non-hydrogen) atoms. The van der Waals surface area contributed by atoms with Crippen molar-refractivity contribution in [1.29, 1.82) is 0 Å². The van der Waals surface area contributed by atoms with Crippen LogP contribution in [0.2, 0.25) is 0 Å². The summed E-state index contributed by atoms with van der Waals surface area (Å²) in [5.74, 6) is 9.61. The molecule has 3 amide bonds. The van der Waals surface area contributed by atoms with Crippen molar-refractivity contribution in [1.82, 2.24) is 16.0 Å². The van der Waals surface area contributed by atoms with Crippen molar-refractivity contribution in [3.05, 3.63) is 23.3 Å². The zero-order valence-electron chi connectivity index (χ0n) is 57.1. The Bertz CT molecular complexity index is 2210. The Kier molecular flexibility index (Phi) is 23.2. The number of nitrogens with two attached hydrogens (primary N) is 2. The average Bonchev–Trinajstić information content (AvgIpc) is 1.34. The van der Waals surface area contributed by atoms with Crippen LogP contribution in [-0.2, 0) is 14.2 Å². The number of rotatable bonds is 27. The highest BCUT2D eigenvalue weighted by atomic mass is 16.6. The largest absolute Gasteiger partial charge is 0.446 e. The summed E-state index contributed by atoms with van der Waals surface area (Å²) in [6, 6.07) is 0. The van der Waals surface area contributed by atoms with E-state index in [0.717, 1.165) is 129 Å². The standard InChI is InChI=1S/C73H127N7O6/c1-49(2)19-14-21-51(5)59-27-29-61-57-25-23-53-47-55(31-35-70(53,10)63(57)33-37-72(59,61)12)84-66(81)77-39-16-43-80(46-42-76-65(74)75,45-18-41-79-68(83)86-69(7,8)9)44-17-40-78-67(82)85-56-32-36-71(11)54(48-56)24-26-58-62-30-28-60(52(6)22-15-20-50(3)4)73(62,13)38-34-64(58)71/h23-24,49-52,55-64H,14-22,25-48H2,1-13H3,(H6-,74,75,76,77,78,79,81,82,83)/p+1/t51?,52?,55?,56?,57?,58?,59?,60?,61?,62?,63?,64?,70-,71?,72+,73?,80?/m0/s1. The number of guanidine groups is 1. The lowest BCUT2D eigenvalue weighted by Crippen LogP contribution is -2.53. The molecule has 6 fully saturated rings. The quantitative estimate of drug-likeness (QED) is 0.0135. The van der Waals surface area contributed by atoms with Crippen molar-refractivity contribution < 1.29 is 33.1 Å². The maximum Gasteiger partial charge on any atom is 0.407 e. The maximum atomic E-state index is 13.6. The van der Waals surface area contributed by atoms with Crippen molar-refractivity contribution in [2.75, 3.05) is 52.4 Å². The summed E-state index contributed by atoms with van der Waals surface area (Å²) < 4.78 is 18.7. The minimum absolute atomic E-state index is 0.0467. The van der Waals surface area contributed by atoms with Crippen molar-refractivity contribution in [2.24, 2.45) is 109 Å². The molecular weight excluding hydrogens is 1070 g/mol. The first-order valence-corrected chi connectivity index (χ1v) is 35.8. The van der Waals surface area contributed by atoms with Gasteiger partial charge in [0.2, 0.25) is 0 Å². The minimum Gasteiger partial charge on any atom is -0.446 e. The molecule has 0 aromatic carbocycles. The molecule has 0 bridgehead atoms. The van der Waals surface area contributed by atoms with Crippen LogP contribution in [0.4, 0.5) is 14.4 Å². The molecule has 0 aromatic rings. The third-order valence-electron chi connectivity index (χ3n) is 25.6. The zero-order valence-corrected chi connectivity index (χ0v) is 57.1. The van der Waals surface area contributed by atoms with Gasteiger partial charge in [-0.1, -0.05) is 131 Å². The number of allylic oxidation sites excluding steroid dienone is 2. The number of carbonyl (C=O) groups is 3. The molecule has 0 radical (unpaired) electrons. The first kappa shape index (κ1) is 68.4. The lowest BCUT2D eigenvalue weighted by molar-refractivity contribution is -0.927. The number of nitrogens with zero attached hydrogens (tertiary/aromatic N) is 2. The molecule has 0 saturated heterocycles. The Morgan fingerprint density at radius 3 is 1.37 bits per heavy atom. The smallest absolute Gasteiger partial charge is 0.407 e. The summed E-state index contributed by atoms with van der Waals surface area (Å²) in [4.78, 5) is 44.4. The van der Waals surface area contributed by atoms with Gasteiger partial charge in [0.15, 0.2) is 5.96 Å². The highest BCUT2D eigenvalue weighted by Gasteiger charge is 2.61. The van der Waals surface area contributed by atoms with E-state index in [-0.39, 0.29) is 41.2 Å². The summed E-state index contributed by atoms with van der Waals surface area (Å²) in [6.07, 6.45) is 33.2. The van der Waals surface area contributed by atoms with Crippen LogP contribution in [0.3, 0.4) is 0 Å². The lowest BCUT2D eigenvalue weighted by atomic mass is 9.47. The van der Waals surface area contributed by atoms with Gasteiger partial charge in [-0.15, -0.1) is 0 Å². The maximum absolute atomic E-state index is 13.6. The van der Waals surface area contributed by atoms with Gasteiger partial charge in [0.25, 0.3) is 0 Å². The second-order valence-electron chi connectivity index (χ2n) is 33.0. The topological polar surface area (TPSA) is 179 Å². The van der Waals surface area contributed by atoms with E-state index in [1.807, 2.05) is 20.8 Å². The molecule has 8 aliphatic rings. The van der Waals surface area contributed by atoms with E-state index >= 15 is 0 Å². The lowest BCUT2D eigenvalue weighted by Gasteiger charge is -2.58. The van der Waals surface area contributed by atoms with Crippen LogP contribution in [-0.4, -0.2) is 98.9 Å². The Morgan fingerprint density at radius 2 is 0.977 bits per heavy atom. The third-order valence-corrected chi connectivity index (χ3v) is 25.6. The number of carbonyl (C=O) groups excluding carboxylic acids is 3. The molecule has 6 saturated carbocycles. The van der Waals surface area contributed by atoms with Crippen LogP contribution in [0, 0.1) is 92.7 Å². The highest BCUT2D eigenvalue weighted by molar-refractivity contribution is 5.75. The number of amides is 3. The molecule has 13 heteroatoms. The van der Waals surface area contributed by atoms with E-state index in [1.165, 1.54) is 114 Å². The van der Waals surface area contributed by atoms with Gasteiger partial charge in [0.05, 0.1) is 32.7 Å². The number of alkyl carbamates (subject to hydrolysis) is 3. The van der Waals surface area contributed by atoms with Gasteiger partial charge in [-0.25, -0.2) is 19.4 Å². The van der Waals surface area contributed by atoms with E-state index < -0.39 is 11.7 Å². The molecule has 13 nitrogen and oxygen atoms in total. The van der Waals surface area contributed by atoms with E-state index in [1.54, 1.807) is 0 Å². The van der Waals surface area contributed by atoms with Crippen molar-refractivity contribution in [2.45, 2.75) is 268 Å². The monoisotopic (exact) mass is 1200 g/mol. The average molecular weight is 1200 g/mol. The van der Waals surface area contributed by atoms with Crippen molar-refractivity contribution in [3.8, 4) is 0 Å². The predicted octanol–water partition coefficient (Wildman–Crippen LogP) is 16.0. The molecule has 15 unspecified atom stereocenters. The second-order valence-corrected chi connectivity index (χ2v) is 33.0. The van der Waals surface area contributed by atoms with Gasteiger partial charge in [0, 0.05) is 51.7 Å². The van der Waals surface area contributed by atoms with Crippen molar-refractivity contribution in [3.63, 3.8) is 0 Å². The normalized spacial score (nSPS) is 35.2. The number of aliphatic imine (C=N–C) groups is 1. The molecule has 8 aliphatic carbocycles. The van der Waals surface area contributed by atoms with E-state index in [0.29, 0.717) is 67.3 Å². The summed E-state index contributed by atoms with van der Waals surface area (Å²) in [5.41, 5.74) is 15.5. The molecule has 0 heterocycles. The predicted molar refractivity (Wildman–Crippen MR) is 351 cm³/mol. The van der Waals surface area contributed by atoms with Crippen LogP contribution in [0.5, 0.6) is 0 Å². The number of ether oxygens (including phenoxy) is 3. The summed E-state index contributed by atoms with van der Waals surface area (Å²) >= 11 is 0.